The number of aromatic nitrogens is 2. The predicted molar refractivity (Wildman–Crippen MR) is 111 cm³/mol. The number of likely N-dealkylation sites (N-methyl/N-ethyl adjacent to an activating group) is 1. The summed E-state index contributed by atoms with van der Waals surface area (Å²) in [6.45, 7) is 2.93. The average molecular weight is 407 g/mol. The highest BCUT2D eigenvalue weighted by atomic mass is 19.1. The number of nitrogens with zero attached hydrogens (tertiary/aromatic N) is 4. The van der Waals surface area contributed by atoms with E-state index in [9.17, 15) is 14.4 Å². The molecule has 0 aliphatic heterocycles. The molecule has 0 bridgehead atoms. The SMILES string of the molecule is Cc1c(C(=O)Nc2ccc(OCCN(C)C)c(C#N)c2)cnn1-c1ccc(F)cc1. The molecule has 154 valence electrons. The number of nitrogens with one attached hydrogen (secondary N) is 1. The molecule has 0 spiro atoms. The minimum atomic E-state index is -0.356. The Hall–Kier alpha value is -3.70. The summed E-state index contributed by atoms with van der Waals surface area (Å²) >= 11 is 0. The predicted octanol–water partition coefficient (Wildman–Crippen LogP) is 3.38. The normalized spacial score (nSPS) is 10.7. The van der Waals surface area contributed by atoms with Crippen LogP contribution in [0.15, 0.2) is 48.7 Å². The third-order valence-electron chi connectivity index (χ3n) is 4.48. The fourth-order valence-corrected chi connectivity index (χ4v) is 2.83. The smallest absolute Gasteiger partial charge is 0.259 e. The maximum Gasteiger partial charge on any atom is 0.259 e. The van der Waals surface area contributed by atoms with E-state index in [4.69, 9.17) is 4.74 Å². The lowest BCUT2D eigenvalue weighted by Gasteiger charge is -2.13. The number of amides is 1. The first kappa shape index (κ1) is 21.0. The zero-order valence-electron chi connectivity index (χ0n) is 17.0. The van der Waals surface area contributed by atoms with Crippen molar-refractivity contribution in [2.24, 2.45) is 0 Å². The molecule has 8 heteroatoms. The van der Waals surface area contributed by atoms with Crippen molar-refractivity contribution in [2.75, 3.05) is 32.6 Å². The van der Waals surface area contributed by atoms with E-state index in [1.54, 1.807) is 41.9 Å². The van der Waals surface area contributed by atoms with Crippen molar-refractivity contribution in [3.63, 3.8) is 0 Å². The molecule has 1 amide bonds. The molecule has 0 saturated carbocycles. The lowest BCUT2D eigenvalue weighted by Crippen LogP contribution is -2.19. The Morgan fingerprint density at radius 3 is 2.67 bits per heavy atom. The van der Waals surface area contributed by atoms with Gasteiger partial charge in [0.1, 0.15) is 24.2 Å². The number of halogens is 1. The Balaban J connectivity index is 1.75. The van der Waals surface area contributed by atoms with Crippen LogP contribution in [0.3, 0.4) is 0 Å². The van der Waals surface area contributed by atoms with E-state index < -0.39 is 0 Å². The fraction of sp³-hybridized carbons (Fsp3) is 0.227. The molecule has 0 aliphatic carbocycles. The van der Waals surface area contributed by atoms with Crippen LogP contribution in [0, 0.1) is 24.1 Å². The number of carbonyl (C=O) groups is 1. The largest absolute Gasteiger partial charge is 0.491 e. The monoisotopic (exact) mass is 407 g/mol. The van der Waals surface area contributed by atoms with E-state index in [1.165, 1.54) is 18.3 Å². The van der Waals surface area contributed by atoms with Gasteiger partial charge in [0.2, 0.25) is 0 Å². The first-order chi connectivity index (χ1) is 14.4. The number of nitriles is 1. The molecule has 1 N–H and O–H groups in total. The summed E-state index contributed by atoms with van der Waals surface area (Å²) in [7, 11) is 3.88. The third-order valence-corrected chi connectivity index (χ3v) is 4.48. The number of rotatable bonds is 7. The van der Waals surface area contributed by atoms with Crippen molar-refractivity contribution in [2.45, 2.75) is 6.92 Å². The van der Waals surface area contributed by atoms with Gasteiger partial charge in [0.25, 0.3) is 5.91 Å². The summed E-state index contributed by atoms with van der Waals surface area (Å²) in [5.74, 6) is -0.229. The molecule has 1 heterocycles. The number of ether oxygens (including phenoxy) is 1. The molecule has 3 aromatic rings. The summed E-state index contributed by atoms with van der Waals surface area (Å²) in [6.07, 6.45) is 1.46. The second kappa shape index (κ2) is 9.20. The molecule has 0 radical (unpaired) electrons. The number of carbonyl (C=O) groups excluding carboxylic acids is 1. The minimum absolute atomic E-state index is 0.338. The molecule has 3 rings (SSSR count). The summed E-state index contributed by atoms with van der Waals surface area (Å²) in [4.78, 5) is 14.7. The Labute approximate surface area is 174 Å². The number of anilines is 1. The van der Waals surface area contributed by atoms with Gasteiger partial charge in [-0.05, 0) is 63.5 Å². The van der Waals surface area contributed by atoms with Gasteiger partial charge >= 0.3 is 0 Å². The van der Waals surface area contributed by atoms with Crippen LogP contribution in [0.1, 0.15) is 21.6 Å². The van der Waals surface area contributed by atoms with Gasteiger partial charge in [-0.25, -0.2) is 9.07 Å². The molecule has 1 aromatic heterocycles. The zero-order valence-corrected chi connectivity index (χ0v) is 17.0. The maximum absolute atomic E-state index is 13.1. The van der Waals surface area contributed by atoms with E-state index in [0.717, 1.165) is 6.54 Å². The van der Waals surface area contributed by atoms with Crippen molar-refractivity contribution >= 4 is 11.6 Å². The molecular formula is C22H22FN5O2. The summed E-state index contributed by atoms with van der Waals surface area (Å²) in [5.41, 5.74) is 2.46. The van der Waals surface area contributed by atoms with Crippen LogP contribution >= 0.6 is 0 Å². The molecule has 0 aliphatic rings. The van der Waals surface area contributed by atoms with Gasteiger partial charge in [-0.1, -0.05) is 0 Å². The van der Waals surface area contributed by atoms with E-state index in [-0.39, 0.29) is 11.7 Å². The van der Waals surface area contributed by atoms with Gasteiger partial charge < -0.3 is 15.0 Å². The molecule has 30 heavy (non-hydrogen) atoms. The maximum atomic E-state index is 13.1. The number of benzene rings is 2. The van der Waals surface area contributed by atoms with Crippen molar-refractivity contribution in [3.8, 4) is 17.5 Å². The summed E-state index contributed by atoms with van der Waals surface area (Å²) < 4.78 is 20.4. The number of hydrogen-bond acceptors (Lipinski definition) is 5. The van der Waals surface area contributed by atoms with Gasteiger partial charge in [-0.2, -0.15) is 10.4 Å². The van der Waals surface area contributed by atoms with Gasteiger partial charge in [0, 0.05) is 12.2 Å². The number of hydrogen-bond donors (Lipinski definition) is 1. The Morgan fingerprint density at radius 1 is 1.27 bits per heavy atom. The molecule has 0 atom stereocenters. The van der Waals surface area contributed by atoms with Gasteiger partial charge in [-0.3, -0.25) is 4.79 Å². The van der Waals surface area contributed by atoms with Crippen molar-refractivity contribution in [1.82, 2.24) is 14.7 Å². The highest BCUT2D eigenvalue weighted by molar-refractivity contribution is 6.05. The van der Waals surface area contributed by atoms with Crippen LogP contribution in [-0.4, -0.2) is 47.8 Å². The van der Waals surface area contributed by atoms with Crippen molar-refractivity contribution in [1.29, 1.82) is 5.26 Å². The first-order valence-electron chi connectivity index (χ1n) is 9.32. The first-order valence-corrected chi connectivity index (χ1v) is 9.32. The lowest BCUT2D eigenvalue weighted by molar-refractivity contribution is 0.102. The van der Waals surface area contributed by atoms with Crippen LogP contribution in [-0.2, 0) is 0 Å². The third kappa shape index (κ3) is 4.82. The van der Waals surface area contributed by atoms with E-state index in [2.05, 4.69) is 16.5 Å². The molecule has 0 fully saturated rings. The average Bonchev–Trinajstić information content (AvgIpc) is 3.10. The summed E-state index contributed by atoms with van der Waals surface area (Å²) in [6, 6.07) is 12.9. The molecule has 7 nitrogen and oxygen atoms in total. The van der Waals surface area contributed by atoms with Crippen LogP contribution in [0.25, 0.3) is 5.69 Å². The van der Waals surface area contributed by atoms with Crippen LogP contribution < -0.4 is 10.1 Å². The van der Waals surface area contributed by atoms with E-state index >= 15 is 0 Å². The quantitative estimate of drug-likeness (QED) is 0.649. The van der Waals surface area contributed by atoms with Crippen LogP contribution in [0.2, 0.25) is 0 Å². The Morgan fingerprint density at radius 2 is 2.00 bits per heavy atom. The topological polar surface area (TPSA) is 83.2 Å². The van der Waals surface area contributed by atoms with Gasteiger partial charge in [0.05, 0.1) is 28.7 Å². The van der Waals surface area contributed by atoms with Gasteiger partial charge in [0.15, 0.2) is 0 Å². The molecule has 0 saturated heterocycles. The second-order valence-corrected chi connectivity index (χ2v) is 6.96. The standard InChI is InChI=1S/C22H22FN5O2/c1-15-20(14-25-28(15)19-7-4-17(23)5-8-19)22(29)26-18-6-9-21(16(12-18)13-24)30-11-10-27(2)3/h4-9,12,14H,10-11H2,1-3H3,(H,26,29). The van der Waals surface area contributed by atoms with Crippen molar-refractivity contribution < 1.29 is 13.9 Å². The van der Waals surface area contributed by atoms with Crippen LogP contribution in [0.4, 0.5) is 10.1 Å². The Kier molecular flexibility index (Phi) is 6.45. The van der Waals surface area contributed by atoms with Crippen LogP contribution in [0.5, 0.6) is 5.75 Å². The summed E-state index contributed by atoms with van der Waals surface area (Å²) in [5, 5.41) is 16.4. The zero-order chi connectivity index (χ0) is 21.7. The fourth-order valence-electron chi connectivity index (χ4n) is 2.83. The van der Waals surface area contributed by atoms with E-state index in [0.29, 0.717) is 40.6 Å². The molecular weight excluding hydrogens is 385 g/mol. The highest BCUT2D eigenvalue weighted by Gasteiger charge is 2.16. The lowest BCUT2D eigenvalue weighted by atomic mass is 10.1. The highest BCUT2D eigenvalue weighted by Crippen LogP contribution is 2.23. The van der Waals surface area contributed by atoms with Gasteiger partial charge in [-0.15, -0.1) is 0 Å². The minimum Gasteiger partial charge on any atom is -0.491 e. The van der Waals surface area contributed by atoms with Crippen molar-refractivity contribution in [3.05, 3.63) is 71.3 Å². The second-order valence-electron chi connectivity index (χ2n) is 6.96. The molecule has 2 aromatic carbocycles. The molecule has 0 unspecified atom stereocenters. The Bertz CT molecular complexity index is 1080. The van der Waals surface area contributed by atoms with E-state index in [1.807, 2.05) is 19.0 Å².